The lowest BCUT2D eigenvalue weighted by Gasteiger charge is -2.44. The molecular formula is C12H20O13S. The Kier molecular flexibility index (Phi) is 5.84. The summed E-state index contributed by atoms with van der Waals surface area (Å²) in [6, 6.07) is 0. The van der Waals surface area contributed by atoms with Crippen LogP contribution in [0.4, 0.5) is 0 Å². The van der Waals surface area contributed by atoms with E-state index in [4.69, 9.17) is 23.5 Å². The summed E-state index contributed by atoms with van der Waals surface area (Å²) in [7, 11) is -5.07. The third-order valence-electron chi connectivity index (χ3n) is 4.44. The van der Waals surface area contributed by atoms with Crippen molar-refractivity contribution in [1.29, 1.82) is 0 Å². The number of fused-ring (bicyclic) bond motifs is 2. The number of aliphatic hydroxyl groups is 5. The molecule has 0 radical (unpaired) electrons. The van der Waals surface area contributed by atoms with Gasteiger partial charge in [0.2, 0.25) is 0 Å². The highest BCUT2D eigenvalue weighted by atomic mass is 32.3. The zero-order chi connectivity index (χ0) is 19.2. The van der Waals surface area contributed by atoms with Crippen LogP contribution in [0.2, 0.25) is 0 Å². The second kappa shape index (κ2) is 7.50. The first-order valence-electron chi connectivity index (χ1n) is 7.69. The molecule has 0 aliphatic carbocycles. The SMILES string of the molecule is O=S(=O)(O)O[C@@H]1[C@@H](O[C@H]2O[C@@H]3CO[C@@H]([C@H]3O)[C@H]2O)[C@@H](O)[C@@H](CO)O[C@H]1O. The van der Waals surface area contributed by atoms with Gasteiger partial charge >= 0.3 is 10.4 Å². The van der Waals surface area contributed by atoms with Gasteiger partial charge < -0.3 is 44.5 Å². The average molecular weight is 404 g/mol. The fourth-order valence-corrected chi connectivity index (χ4v) is 3.65. The van der Waals surface area contributed by atoms with Gasteiger partial charge in [-0.3, -0.25) is 4.55 Å². The Bertz CT molecular complexity index is 598. The van der Waals surface area contributed by atoms with Crippen LogP contribution in [0, 0.1) is 0 Å². The molecule has 3 fully saturated rings. The van der Waals surface area contributed by atoms with Crippen LogP contribution >= 0.6 is 0 Å². The zero-order valence-electron chi connectivity index (χ0n) is 13.1. The molecule has 10 atom stereocenters. The number of ether oxygens (including phenoxy) is 4. The fraction of sp³-hybridized carbons (Fsp3) is 1.00. The number of rotatable bonds is 5. The van der Waals surface area contributed by atoms with E-state index in [9.17, 15) is 34.0 Å². The van der Waals surface area contributed by atoms with E-state index in [1.165, 1.54) is 0 Å². The Balaban J connectivity index is 1.80. The second-order valence-corrected chi connectivity index (χ2v) is 7.20. The quantitative estimate of drug-likeness (QED) is 0.239. The first kappa shape index (κ1) is 20.2. The molecule has 3 rings (SSSR count). The molecule has 0 saturated carbocycles. The lowest BCUT2D eigenvalue weighted by Crippen LogP contribution is -2.63. The van der Waals surface area contributed by atoms with Crippen molar-refractivity contribution in [2.45, 2.75) is 61.4 Å². The van der Waals surface area contributed by atoms with Gasteiger partial charge in [0, 0.05) is 0 Å². The third-order valence-corrected chi connectivity index (χ3v) is 4.90. The van der Waals surface area contributed by atoms with E-state index in [1.807, 2.05) is 0 Å². The molecular weight excluding hydrogens is 384 g/mol. The Hall–Kier alpha value is -0.490. The van der Waals surface area contributed by atoms with Crippen LogP contribution in [0.3, 0.4) is 0 Å². The van der Waals surface area contributed by atoms with Gasteiger partial charge in [-0.25, -0.2) is 4.18 Å². The predicted molar refractivity (Wildman–Crippen MR) is 75.7 cm³/mol. The van der Waals surface area contributed by atoms with Crippen LogP contribution in [0.1, 0.15) is 0 Å². The van der Waals surface area contributed by atoms with Crippen molar-refractivity contribution in [2.75, 3.05) is 13.2 Å². The van der Waals surface area contributed by atoms with Crippen molar-refractivity contribution in [2.24, 2.45) is 0 Å². The molecule has 0 spiro atoms. The lowest BCUT2D eigenvalue weighted by atomic mass is 9.98. The lowest BCUT2D eigenvalue weighted by molar-refractivity contribution is -0.338. The fourth-order valence-electron chi connectivity index (χ4n) is 3.17. The van der Waals surface area contributed by atoms with Gasteiger partial charge in [0.15, 0.2) is 18.7 Å². The molecule has 0 amide bonds. The van der Waals surface area contributed by atoms with E-state index < -0.39 is 78.4 Å². The summed E-state index contributed by atoms with van der Waals surface area (Å²) < 4.78 is 55.9. The molecule has 152 valence electrons. The monoisotopic (exact) mass is 404 g/mol. The van der Waals surface area contributed by atoms with E-state index in [-0.39, 0.29) is 6.61 Å². The van der Waals surface area contributed by atoms with E-state index >= 15 is 0 Å². The molecule has 3 saturated heterocycles. The minimum atomic E-state index is -5.07. The van der Waals surface area contributed by atoms with Crippen molar-refractivity contribution in [3.05, 3.63) is 0 Å². The summed E-state index contributed by atoms with van der Waals surface area (Å²) in [5, 5.41) is 49.3. The summed E-state index contributed by atoms with van der Waals surface area (Å²) in [6.45, 7) is -0.774. The summed E-state index contributed by atoms with van der Waals surface area (Å²) in [5.74, 6) is 0. The van der Waals surface area contributed by atoms with Crippen molar-refractivity contribution in [3.8, 4) is 0 Å². The first-order valence-corrected chi connectivity index (χ1v) is 9.05. The molecule has 14 heteroatoms. The number of hydrogen-bond donors (Lipinski definition) is 6. The number of aliphatic hydroxyl groups excluding tert-OH is 5. The number of hydrogen-bond acceptors (Lipinski definition) is 12. The summed E-state index contributed by atoms with van der Waals surface area (Å²) in [4.78, 5) is 0. The largest absolute Gasteiger partial charge is 0.397 e. The first-order chi connectivity index (χ1) is 12.1. The highest BCUT2D eigenvalue weighted by molar-refractivity contribution is 7.80. The highest BCUT2D eigenvalue weighted by Gasteiger charge is 2.54. The topological polar surface area (TPSA) is 202 Å². The van der Waals surface area contributed by atoms with Crippen LogP contribution in [0.15, 0.2) is 0 Å². The van der Waals surface area contributed by atoms with Crippen LogP contribution in [-0.4, -0.2) is 113 Å². The molecule has 0 aromatic rings. The van der Waals surface area contributed by atoms with Crippen LogP contribution < -0.4 is 0 Å². The van der Waals surface area contributed by atoms with E-state index in [0.717, 1.165) is 0 Å². The Labute approximate surface area is 147 Å². The van der Waals surface area contributed by atoms with Crippen molar-refractivity contribution < 1.29 is 61.6 Å². The Morgan fingerprint density at radius 1 is 1.00 bits per heavy atom. The van der Waals surface area contributed by atoms with Gasteiger partial charge in [-0.1, -0.05) is 0 Å². The molecule has 3 heterocycles. The molecule has 0 unspecified atom stereocenters. The van der Waals surface area contributed by atoms with E-state index in [0.29, 0.717) is 0 Å². The normalized spacial score (nSPS) is 49.3. The van der Waals surface area contributed by atoms with E-state index in [2.05, 4.69) is 4.18 Å². The van der Waals surface area contributed by atoms with Gasteiger partial charge in [0.1, 0.15) is 42.7 Å². The molecule has 3 aliphatic heterocycles. The summed E-state index contributed by atoms with van der Waals surface area (Å²) in [6.07, 6.45) is -14.6. The van der Waals surface area contributed by atoms with Gasteiger partial charge in [-0.15, -0.1) is 0 Å². The maximum absolute atomic E-state index is 11.0. The molecule has 13 nitrogen and oxygen atoms in total. The van der Waals surface area contributed by atoms with Crippen molar-refractivity contribution >= 4 is 10.4 Å². The Morgan fingerprint density at radius 3 is 2.31 bits per heavy atom. The van der Waals surface area contributed by atoms with Crippen LogP contribution in [0.25, 0.3) is 0 Å². The minimum Gasteiger partial charge on any atom is -0.394 e. The Morgan fingerprint density at radius 2 is 1.69 bits per heavy atom. The molecule has 0 aromatic heterocycles. The molecule has 2 bridgehead atoms. The summed E-state index contributed by atoms with van der Waals surface area (Å²) in [5.41, 5.74) is 0. The van der Waals surface area contributed by atoms with Crippen molar-refractivity contribution in [3.63, 3.8) is 0 Å². The molecule has 26 heavy (non-hydrogen) atoms. The van der Waals surface area contributed by atoms with E-state index in [1.54, 1.807) is 0 Å². The average Bonchev–Trinajstić information content (AvgIpc) is 2.82. The maximum atomic E-state index is 11.0. The molecule has 0 aromatic carbocycles. The standard InChI is InChI=1S/C12H20O13S/c13-1-3-5(14)9(10(11(17)22-3)25-26(18,19)20)24-12-7(16)8-6(15)4(23-12)2-21-8/h3-17H,1-2H2,(H,18,19,20)/t3-,4-,5+,6+,7-,8+,9+,10-,11-,12-/m1/s1. The minimum absolute atomic E-state index is 0.0219. The van der Waals surface area contributed by atoms with Crippen molar-refractivity contribution in [1.82, 2.24) is 0 Å². The van der Waals surface area contributed by atoms with Gasteiger partial charge in [0.05, 0.1) is 13.2 Å². The third kappa shape index (κ3) is 3.87. The molecule has 6 N–H and O–H groups in total. The van der Waals surface area contributed by atoms with Crippen LogP contribution in [0.5, 0.6) is 0 Å². The van der Waals surface area contributed by atoms with Gasteiger partial charge in [-0.2, -0.15) is 8.42 Å². The second-order valence-electron chi connectivity index (χ2n) is 6.15. The highest BCUT2D eigenvalue weighted by Crippen LogP contribution is 2.33. The maximum Gasteiger partial charge on any atom is 0.397 e. The van der Waals surface area contributed by atoms with Crippen LogP contribution in [-0.2, 0) is 33.5 Å². The predicted octanol–water partition coefficient (Wildman–Crippen LogP) is -4.52. The summed E-state index contributed by atoms with van der Waals surface area (Å²) >= 11 is 0. The smallest absolute Gasteiger partial charge is 0.394 e. The van der Waals surface area contributed by atoms with Gasteiger partial charge in [0.25, 0.3) is 0 Å². The van der Waals surface area contributed by atoms with Gasteiger partial charge in [-0.05, 0) is 0 Å². The molecule has 3 aliphatic rings. The zero-order valence-corrected chi connectivity index (χ0v) is 14.0.